The molecule has 0 radical (unpaired) electrons. The minimum Gasteiger partial charge on any atom is -0.481 e. The summed E-state index contributed by atoms with van der Waals surface area (Å²) in [4.78, 5) is 30.3. The van der Waals surface area contributed by atoms with Crippen LogP contribution in [0, 0.1) is 11.3 Å². The van der Waals surface area contributed by atoms with Crippen molar-refractivity contribution in [1.29, 1.82) is 0 Å². The smallest absolute Gasteiger partial charge is 0.303 e. The van der Waals surface area contributed by atoms with Crippen LogP contribution in [0.5, 0.6) is 0 Å². The van der Waals surface area contributed by atoms with E-state index in [9.17, 15) is 19.8 Å². The zero-order valence-electron chi connectivity index (χ0n) is 16.0. The van der Waals surface area contributed by atoms with E-state index in [0.717, 1.165) is 36.9 Å². The van der Waals surface area contributed by atoms with Crippen molar-refractivity contribution in [2.24, 2.45) is 11.3 Å². The highest BCUT2D eigenvalue weighted by atomic mass is 16.4. The fraction of sp³-hybridized carbons (Fsp3) is 0.571. The Kier molecular flexibility index (Phi) is 5.10. The zero-order valence-corrected chi connectivity index (χ0v) is 16.0. The van der Waals surface area contributed by atoms with Gasteiger partial charge in [0.25, 0.3) is 0 Å². The van der Waals surface area contributed by atoms with Crippen LogP contribution in [0.3, 0.4) is 0 Å². The number of likely N-dealkylation sites (tertiary alicyclic amines) is 1. The minimum atomic E-state index is -0.833. The standard InChI is InChI=1S/C21H27N3O4/c25-18-14-24(19(26)9-21(10-20(27)28)5-1-2-6-21)12-15(18)8-16-13-23-7-3-4-17(23)11-22-16/h3-4,7,11,13,15,18,25H,1-2,5-6,8-10,12,14H2,(H,27,28)/t15-,18+/m0/s1. The topological polar surface area (TPSA) is 95.1 Å². The molecule has 2 atom stereocenters. The molecule has 2 N–H and O–H groups in total. The Balaban J connectivity index is 1.40. The summed E-state index contributed by atoms with van der Waals surface area (Å²) in [6.07, 6.45) is 9.67. The summed E-state index contributed by atoms with van der Waals surface area (Å²) in [5, 5.41) is 19.7. The third kappa shape index (κ3) is 3.90. The number of hydrogen-bond acceptors (Lipinski definition) is 4. The molecule has 0 aromatic carbocycles. The highest BCUT2D eigenvalue weighted by Gasteiger charge is 2.41. The fourth-order valence-electron chi connectivity index (χ4n) is 4.90. The highest BCUT2D eigenvalue weighted by Crippen LogP contribution is 2.44. The molecule has 7 nitrogen and oxygen atoms in total. The van der Waals surface area contributed by atoms with Gasteiger partial charge < -0.3 is 19.5 Å². The number of aliphatic hydroxyl groups excluding tert-OH is 1. The van der Waals surface area contributed by atoms with Gasteiger partial charge in [0.1, 0.15) is 0 Å². The number of aromatic nitrogens is 2. The number of carboxylic acids is 1. The number of nitrogens with zero attached hydrogens (tertiary/aromatic N) is 3. The second-order valence-electron chi connectivity index (χ2n) is 8.50. The summed E-state index contributed by atoms with van der Waals surface area (Å²) >= 11 is 0. The number of aliphatic carboxylic acids is 1. The lowest BCUT2D eigenvalue weighted by atomic mass is 9.79. The number of rotatable bonds is 6. The van der Waals surface area contributed by atoms with E-state index in [2.05, 4.69) is 4.98 Å². The van der Waals surface area contributed by atoms with Crippen LogP contribution in [0.4, 0.5) is 0 Å². The van der Waals surface area contributed by atoms with E-state index in [4.69, 9.17) is 0 Å². The van der Waals surface area contributed by atoms with Crippen LogP contribution in [0.15, 0.2) is 30.7 Å². The SMILES string of the molecule is O=C(O)CC1(CC(=O)N2C[C@H](Cc3cn4cccc4cn3)[C@H](O)C2)CCCC1. The van der Waals surface area contributed by atoms with Gasteiger partial charge >= 0.3 is 5.97 Å². The number of β-amino-alcohol motifs (C(OH)–C–C–N with tert-alkyl or cyclic N) is 1. The largest absolute Gasteiger partial charge is 0.481 e. The first-order chi connectivity index (χ1) is 13.4. The Morgan fingerprint density at radius 2 is 2.00 bits per heavy atom. The minimum absolute atomic E-state index is 0.0291. The highest BCUT2D eigenvalue weighted by molar-refractivity contribution is 5.78. The predicted molar refractivity (Wildman–Crippen MR) is 103 cm³/mol. The van der Waals surface area contributed by atoms with Crippen molar-refractivity contribution in [3.8, 4) is 0 Å². The lowest BCUT2D eigenvalue weighted by molar-refractivity contribution is -0.141. The Labute approximate surface area is 164 Å². The van der Waals surface area contributed by atoms with Gasteiger partial charge in [-0.3, -0.25) is 14.6 Å². The summed E-state index contributed by atoms with van der Waals surface area (Å²) in [6.45, 7) is 0.812. The second kappa shape index (κ2) is 7.54. The van der Waals surface area contributed by atoms with Gasteiger partial charge in [0.15, 0.2) is 0 Å². The van der Waals surface area contributed by atoms with Gasteiger partial charge in [-0.15, -0.1) is 0 Å². The summed E-state index contributed by atoms with van der Waals surface area (Å²) < 4.78 is 2.00. The zero-order chi connectivity index (χ0) is 19.7. The van der Waals surface area contributed by atoms with E-state index in [1.807, 2.05) is 35.1 Å². The molecule has 150 valence electrons. The van der Waals surface area contributed by atoms with E-state index < -0.39 is 17.5 Å². The maximum absolute atomic E-state index is 12.9. The molecule has 2 aromatic heterocycles. The van der Waals surface area contributed by atoms with E-state index in [-0.39, 0.29) is 24.7 Å². The van der Waals surface area contributed by atoms with Crippen LogP contribution < -0.4 is 0 Å². The molecule has 28 heavy (non-hydrogen) atoms. The van der Waals surface area contributed by atoms with Gasteiger partial charge in [-0.2, -0.15) is 0 Å². The molecule has 1 aliphatic heterocycles. The van der Waals surface area contributed by atoms with E-state index in [0.29, 0.717) is 19.5 Å². The van der Waals surface area contributed by atoms with Gasteiger partial charge in [-0.1, -0.05) is 12.8 Å². The average molecular weight is 385 g/mol. The number of fused-ring (bicyclic) bond motifs is 1. The normalized spacial score (nSPS) is 24.1. The molecule has 1 saturated carbocycles. The number of hydrogen-bond donors (Lipinski definition) is 2. The first-order valence-electron chi connectivity index (χ1n) is 10.0. The van der Waals surface area contributed by atoms with Gasteiger partial charge in [-0.05, 0) is 36.8 Å². The van der Waals surface area contributed by atoms with Crippen LogP contribution in [0.2, 0.25) is 0 Å². The van der Waals surface area contributed by atoms with Crippen LogP contribution in [0.1, 0.15) is 44.2 Å². The molecule has 1 saturated heterocycles. The monoisotopic (exact) mass is 385 g/mol. The van der Waals surface area contributed by atoms with Gasteiger partial charge in [0.2, 0.25) is 5.91 Å². The molecule has 2 aromatic rings. The molecule has 0 unspecified atom stereocenters. The van der Waals surface area contributed by atoms with Crippen molar-refractivity contribution < 1.29 is 19.8 Å². The molecule has 7 heteroatoms. The van der Waals surface area contributed by atoms with Crippen molar-refractivity contribution in [1.82, 2.24) is 14.3 Å². The average Bonchev–Trinajstić information content (AvgIpc) is 3.35. The number of carbonyl (C=O) groups is 2. The first-order valence-corrected chi connectivity index (χ1v) is 10.0. The fourth-order valence-corrected chi connectivity index (χ4v) is 4.90. The Morgan fingerprint density at radius 1 is 1.21 bits per heavy atom. The van der Waals surface area contributed by atoms with E-state index in [1.54, 1.807) is 4.90 Å². The Morgan fingerprint density at radius 3 is 2.75 bits per heavy atom. The number of amides is 1. The van der Waals surface area contributed by atoms with Gasteiger partial charge in [-0.25, -0.2) is 0 Å². The molecule has 3 heterocycles. The molecule has 0 bridgehead atoms. The van der Waals surface area contributed by atoms with Crippen LogP contribution >= 0.6 is 0 Å². The van der Waals surface area contributed by atoms with Crippen LogP contribution in [-0.2, 0) is 16.0 Å². The lowest BCUT2D eigenvalue weighted by Gasteiger charge is -2.29. The maximum Gasteiger partial charge on any atom is 0.303 e. The summed E-state index contributed by atoms with van der Waals surface area (Å²) in [5.74, 6) is -0.914. The van der Waals surface area contributed by atoms with Gasteiger partial charge in [0.05, 0.1) is 29.9 Å². The first kappa shape index (κ1) is 18.9. The van der Waals surface area contributed by atoms with Crippen molar-refractivity contribution in [2.75, 3.05) is 13.1 Å². The molecular weight excluding hydrogens is 358 g/mol. The molecule has 2 fully saturated rings. The Bertz CT molecular complexity index is 871. The van der Waals surface area contributed by atoms with E-state index >= 15 is 0 Å². The van der Waals surface area contributed by atoms with Crippen molar-refractivity contribution in [2.45, 2.75) is 51.0 Å². The van der Waals surface area contributed by atoms with E-state index in [1.165, 1.54) is 0 Å². The maximum atomic E-state index is 12.9. The van der Waals surface area contributed by atoms with Crippen molar-refractivity contribution in [3.05, 3.63) is 36.4 Å². The molecule has 1 aliphatic carbocycles. The van der Waals surface area contributed by atoms with Crippen LogP contribution in [-0.4, -0.2) is 55.6 Å². The number of aliphatic hydroxyl groups is 1. The number of carbonyl (C=O) groups excluding carboxylic acids is 1. The summed E-state index contributed by atoms with van der Waals surface area (Å²) in [5.41, 5.74) is 1.50. The number of carboxylic acid groups (broad SMARTS) is 1. The predicted octanol–water partition coefficient (Wildman–Crippen LogP) is 2.12. The van der Waals surface area contributed by atoms with Crippen molar-refractivity contribution >= 4 is 17.4 Å². The van der Waals surface area contributed by atoms with Crippen molar-refractivity contribution in [3.63, 3.8) is 0 Å². The van der Waals surface area contributed by atoms with Gasteiger partial charge in [0, 0.05) is 37.8 Å². The third-order valence-electron chi connectivity index (χ3n) is 6.41. The summed E-state index contributed by atoms with van der Waals surface area (Å²) in [7, 11) is 0. The molecule has 1 amide bonds. The molecule has 0 spiro atoms. The summed E-state index contributed by atoms with van der Waals surface area (Å²) in [6, 6.07) is 3.94. The molecule has 4 rings (SSSR count). The Hall–Kier alpha value is -2.41. The third-order valence-corrected chi connectivity index (χ3v) is 6.41. The quantitative estimate of drug-likeness (QED) is 0.794. The molecule has 2 aliphatic rings. The lowest BCUT2D eigenvalue weighted by Crippen LogP contribution is -2.35. The second-order valence-corrected chi connectivity index (χ2v) is 8.50. The molecular formula is C21H27N3O4. The van der Waals surface area contributed by atoms with Crippen LogP contribution in [0.25, 0.3) is 5.52 Å².